The molecule has 0 aliphatic heterocycles. The summed E-state index contributed by atoms with van der Waals surface area (Å²) in [5, 5.41) is 0. The smallest absolute Gasteiger partial charge is 0.870 e. The number of hydrogen-bond acceptors (Lipinski definition) is 3. The van der Waals surface area contributed by atoms with Crippen LogP contribution in [0.25, 0.3) is 0 Å². The van der Waals surface area contributed by atoms with E-state index in [1.54, 1.807) is 0 Å². The summed E-state index contributed by atoms with van der Waals surface area (Å²) >= 11 is 0. The molecule has 0 saturated heterocycles. The van der Waals surface area contributed by atoms with Crippen molar-refractivity contribution >= 4 is 0 Å². The van der Waals surface area contributed by atoms with E-state index in [2.05, 4.69) is 0 Å². The molecular weight excluding hydrogens is 239 g/mol. The zero-order valence-corrected chi connectivity index (χ0v) is 7.23. The molecule has 0 radical (unpaired) electrons. The molecule has 0 amide bonds. The van der Waals surface area contributed by atoms with Gasteiger partial charge >= 0.3 is 35.6 Å². The van der Waals surface area contributed by atoms with Gasteiger partial charge in [-0.3, -0.25) is 0 Å². The molecular formula is H3CrLaO3. The minimum atomic E-state index is 0. The summed E-state index contributed by atoms with van der Waals surface area (Å²) < 4.78 is 0. The minimum absolute atomic E-state index is 0. The molecule has 0 fully saturated rings. The molecule has 0 aliphatic rings. The SMILES string of the molecule is [Cr].[La+3].[OH-].[OH-].[OH-]. The van der Waals surface area contributed by atoms with Crippen LogP contribution >= 0.6 is 0 Å². The average molecular weight is 242 g/mol. The molecule has 0 atom stereocenters. The molecule has 0 aromatic heterocycles. The van der Waals surface area contributed by atoms with Crippen LogP contribution in [0.5, 0.6) is 0 Å². The molecule has 0 aliphatic carbocycles. The molecule has 3 N–H and O–H groups in total. The first-order valence-corrected chi connectivity index (χ1v) is 0. The third-order valence-electron chi connectivity index (χ3n) is 0. The maximum atomic E-state index is 0. The Balaban J connectivity index is 0. The Bertz CT molecular complexity index is 6.85. The molecule has 5 heavy (non-hydrogen) atoms. The van der Waals surface area contributed by atoms with Crippen molar-refractivity contribution in [2.75, 3.05) is 0 Å². The van der Waals surface area contributed by atoms with Gasteiger partial charge < -0.3 is 16.4 Å². The first kappa shape index (κ1) is 80.4. The van der Waals surface area contributed by atoms with E-state index in [-0.39, 0.29) is 69.4 Å². The molecule has 0 bridgehead atoms. The van der Waals surface area contributed by atoms with Crippen LogP contribution in [0.15, 0.2) is 0 Å². The molecule has 0 spiro atoms. The quantitative estimate of drug-likeness (QED) is 0.571. The predicted octanol–water partition coefficient (Wildman–Crippen LogP) is -0.533. The van der Waals surface area contributed by atoms with Crippen molar-refractivity contribution in [2.24, 2.45) is 0 Å². The van der Waals surface area contributed by atoms with Gasteiger partial charge in [-0.25, -0.2) is 0 Å². The molecule has 0 rings (SSSR count). The zero-order valence-electron chi connectivity index (χ0n) is 2.33. The molecule has 30 valence electrons. The van der Waals surface area contributed by atoms with Crippen molar-refractivity contribution in [3.8, 4) is 0 Å². The molecule has 0 heterocycles. The maximum absolute atomic E-state index is 0. The predicted molar refractivity (Wildman–Crippen MR) is 5.81 cm³/mol. The van der Waals surface area contributed by atoms with Crippen molar-refractivity contribution in [1.82, 2.24) is 0 Å². The summed E-state index contributed by atoms with van der Waals surface area (Å²) in [4.78, 5) is 0. The van der Waals surface area contributed by atoms with E-state index in [9.17, 15) is 0 Å². The Morgan fingerprint density at radius 3 is 0.600 bits per heavy atom. The van der Waals surface area contributed by atoms with Crippen molar-refractivity contribution in [3.63, 3.8) is 0 Å². The van der Waals surface area contributed by atoms with Crippen LogP contribution in [0.1, 0.15) is 0 Å². The Kier molecular flexibility index (Phi) is 741. The fourth-order valence-corrected chi connectivity index (χ4v) is 0. The Labute approximate surface area is 68.8 Å². The van der Waals surface area contributed by atoms with Gasteiger partial charge in [0.25, 0.3) is 0 Å². The fraction of sp³-hybridized carbons (Fsp3) is 0. The number of hydrogen-bond donors (Lipinski definition) is 0. The molecule has 0 unspecified atom stereocenters. The first-order chi connectivity index (χ1) is 0. The van der Waals surface area contributed by atoms with Crippen molar-refractivity contribution in [3.05, 3.63) is 0 Å². The molecule has 3 nitrogen and oxygen atoms in total. The summed E-state index contributed by atoms with van der Waals surface area (Å²) in [7, 11) is 0. The normalized spacial score (nSPS) is 0. The summed E-state index contributed by atoms with van der Waals surface area (Å²) in [6, 6.07) is 0. The van der Waals surface area contributed by atoms with Gasteiger partial charge in [-0.1, -0.05) is 0 Å². The van der Waals surface area contributed by atoms with Gasteiger partial charge in [0.05, 0.1) is 0 Å². The Hall–Kier alpha value is 1.61. The van der Waals surface area contributed by atoms with Crippen LogP contribution in [-0.4, -0.2) is 16.4 Å². The van der Waals surface area contributed by atoms with E-state index in [1.165, 1.54) is 0 Å². The average Bonchev–Trinajstić information content (AvgIpc) is 0. The van der Waals surface area contributed by atoms with Crippen LogP contribution in [0.2, 0.25) is 0 Å². The first-order valence-electron chi connectivity index (χ1n) is 0. The Morgan fingerprint density at radius 1 is 0.600 bits per heavy atom. The second kappa shape index (κ2) is 46.1. The van der Waals surface area contributed by atoms with E-state index in [4.69, 9.17) is 0 Å². The van der Waals surface area contributed by atoms with Crippen LogP contribution in [-0.2, 0) is 17.4 Å². The van der Waals surface area contributed by atoms with Crippen molar-refractivity contribution in [1.29, 1.82) is 0 Å². The van der Waals surface area contributed by atoms with Crippen LogP contribution < -0.4 is 0 Å². The molecule has 0 aromatic carbocycles. The van der Waals surface area contributed by atoms with Gasteiger partial charge in [0, 0.05) is 17.4 Å². The van der Waals surface area contributed by atoms with E-state index < -0.39 is 0 Å². The maximum Gasteiger partial charge on any atom is 3.00 e. The second-order valence-corrected chi connectivity index (χ2v) is 0. The third kappa shape index (κ3) is 28.2. The van der Waals surface area contributed by atoms with Crippen molar-refractivity contribution in [2.45, 2.75) is 0 Å². The van der Waals surface area contributed by atoms with Crippen LogP contribution in [0.4, 0.5) is 0 Å². The zero-order chi connectivity index (χ0) is 0. The molecule has 0 aromatic rings. The summed E-state index contributed by atoms with van der Waals surface area (Å²) in [6.07, 6.45) is 0. The summed E-state index contributed by atoms with van der Waals surface area (Å²) in [6.45, 7) is 0. The molecule has 5 heteroatoms. The summed E-state index contributed by atoms with van der Waals surface area (Å²) in [5.74, 6) is 0. The largest absolute Gasteiger partial charge is 3.00 e. The van der Waals surface area contributed by atoms with Gasteiger partial charge in [0.1, 0.15) is 0 Å². The van der Waals surface area contributed by atoms with Crippen LogP contribution in [0.3, 0.4) is 0 Å². The van der Waals surface area contributed by atoms with E-state index in [1.807, 2.05) is 0 Å². The summed E-state index contributed by atoms with van der Waals surface area (Å²) in [5.41, 5.74) is 0. The monoisotopic (exact) mass is 242 g/mol. The Morgan fingerprint density at radius 2 is 0.600 bits per heavy atom. The van der Waals surface area contributed by atoms with Gasteiger partial charge in [-0.15, -0.1) is 0 Å². The van der Waals surface area contributed by atoms with Crippen LogP contribution in [0, 0.1) is 35.6 Å². The standard InChI is InChI=1S/Cr.La.3H2O/h;;3*1H2/q;+3;;;/p-3. The van der Waals surface area contributed by atoms with Gasteiger partial charge in [0.2, 0.25) is 0 Å². The fourth-order valence-electron chi connectivity index (χ4n) is 0. The molecule has 0 saturated carbocycles. The van der Waals surface area contributed by atoms with E-state index >= 15 is 0 Å². The third-order valence-corrected chi connectivity index (χ3v) is 0. The van der Waals surface area contributed by atoms with Gasteiger partial charge in [-0.05, 0) is 0 Å². The van der Waals surface area contributed by atoms with Gasteiger partial charge in [0.15, 0.2) is 0 Å². The minimum Gasteiger partial charge on any atom is -0.870 e. The van der Waals surface area contributed by atoms with E-state index in [0.717, 1.165) is 0 Å². The van der Waals surface area contributed by atoms with Crippen molar-refractivity contribution < 1.29 is 69.4 Å². The topological polar surface area (TPSA) is 90.0 Å². The second-order valence-electron chi connectivity index (χ2n) is 0. The number of rotatable bonds is 0. The van der Waals surface area contributed by atoms with Gasteiger partial charge in [-0.2, -0.15) is 0 Å². The van der Waals surface area contributed by atoms with E-state index in [0.29, 0.717) is 0 Å².